The first kappa shape index (κ1) is 16.2. The van der Waals surface area contributed by atoms with Gasteiger partial charge in [-0.05, 0) is 32.2 Å². The summed E-state index contributed by atoms with van der Waals surface area (Å²) in [6.07, 6.45) is 2.49. The van der Waals surface area contributed by atoms with Gasteiger partial charge in [0.25, 0.3) is 10.2 Å². The maximum atomic E-state index is 12.2. The van der Waals surface area contributed by atoms with Crippen LogP contribution < -0.4 is 4.72 Å². The highest BCUT2D eigenvalue weighted by molar-refractivity contribution is 7.87. The molecule has 0 unspecified atom stereocenters. The number of nitrogens with zero attached hydrogens (tertiary/aromatic N) is 2. The van der Waals surface area contributed by atoms with Crippen molar-refractivity contribution in [3.63, 3.8) is 0 Å². The smallest absolute Gasteiger partial charge is 0.279 e. The summed E-state index contributed by atoms with van der Waals surface area (Å²) in [6.45, 7) is 8.85. The summed E-state index contributed by atoms with van der Waals surface area (Å²) >= 11 is 0. The van der Waals surface area contributed by atoms with E-state index in [-0.39, 0.29) is 6.04 Å². The van der Waals surface area contributed by atoms with Crippen LogP contribution >= 0.6 is 0 Å². The maximum absolute atomic E-state index is 12.2. The van der Waals surface area contributed by atoms with E-state index in [0.29, 0.717) is 38.8 Å². The zero-order valence-electron chi connectivity index (χ0n) is 12.5. The number of piperidine rings is 1. The van der Waals surface area contributed by atoms with Gasteiger partial charge in [0.15, 0.2) is 0 Å². The molecule has 20 heavy (non-hydrogen) atoms. The van der Waals surface area contributed by atoms with Gasteiger partial charge in [-0.3, -0.25) is 4.90 Å². The number of nitrogens with one attached hydrogen (secondary N) is 1. The van der Waals surface area contributed by atoms with Crippen LogP contribution in [0, 0.1) is 5.92 Å². The van der Waals surface area contributed by atoms with Crippen LogP contribution in [0.15, 0.2) is 0 Å². The second-order valence-corrected chi connectivity index (χ2v) is 7.71. The number of hydrogen-bond acceptors (Lipinski definition) is 4. The van der Waals surface area contributed by atoms with Crippen LogP contribution in [0.2, 0.25) is 0 Å². The highest BCUT2D eigenvalue weighted by atomic mass is 32.2. The topological polar surface area (TPSA) is 61.9 Å². The van der Waals surface area contributed by atoms with Gasteiger partial charge in [-0.15, -0.1) is 0 Å². The Balaban J connectivity index is 1.81. The van der Waals surface area contributed by atoms with E-state index in [1.807, 2.05) is 0 Å². The summed E-state index contributed by atoms with van der Waals surface area (Å²) in [5.74, 6) is 0.710. The largest absolute Gasteiger partial charge is 0.379 e. The van der Waals surface area contributed by atoms with Gasteiger partial charge in [0.05, 0.1) is 13.2 Å². The lowest BCUT2D eigenvalue weighted by Crippen LogP contribution is -2.51. The molecule has 1 N–H and O–H groups in total. The van der Waals surface area contributed by atoms with E-state index < -0.39 is 10.2 Å². The molecule has 0 aliphatic carbocycles. The van der Waals surface area contributed by atoms with Gasteiger partial charge < -0.3 is 4.74 Å². The molecule has 0 aromatic carbocycles. The van der Waals surface area contributed by atoms with Gasteiger partial charge in [-0.2, -0.15) is 12.7 Å². The van der Waals surface area contributed by atoms with Gasteiger partial charge in [0.1, 0.15) is 0 Å². The van der Waals surface area contributed by atoms with Crippen LogP contribution in [-0.4, -0.2) is 69.6 Å². The molecule has 2 heterocycles. The molecule has 2 rings (SSSR count). The van der Waals surface area contributed by atoms with Crippen molar-refractivity contribution in [2.45, 2.75) is 32.7 Å². The lowest BCUT2D eigenvalue weighted by Gasteiger charge is -2.36. The van der Waals surface area contributed by atoms with Crippen LogP contribution in [-0.2, 0) is 14.9 Å². The molecule has 7 heteroatoms. The lowest BCUT2D eigenvalue weighted by molar-refractivity contribution is 0.0722. The molecule has 2 aliphatic heterocycles. The summed E-state index contributed by atoms with van der Waals surface area (Å²) in [7, 11) is -3.35. The first-order valence-corrected chi connectivity index (χ1v) is 8.99. The molecule has 0 aromatic heterocycles. The van der Waals surface area contributed by atoms with Crippen molar-refractivity contribution in [2.24, 2.45) is 5.92 Å². The molecule has 0 bridgehead atoms. The molecule has 2 aliphatic rings. The van der Waals surface area contributed by atoms with E-state index in [2.05, 4.69) is 23.5 Å². The fraction of sp³-hybridized carbons (Fsp3) is 1.00. The summed E-state index contributed by atoms with van der Waals surface area (Å²) in [5.41, 5.74) is 0. The zero-order valence-corrected chi connectivity index (χ0v) is 13.4. The highest BCUT2D eigenvalue weighted by Crippen LogP contribution is 2.17. The van der Waals surface area contributed by atoms with Crippen LogP contribution in [0.4, 0.5) is 0 Å². The molecule has 2 atom stereocenters. The minimum atomic E-state index is -3.35. The molecule has 0 spiro atoms. The third-order valence-corrected chi connectivity index (χ3v) is 5.76. The summed E-state index contributed by atoms with van der Waals surface area (Å²) in [6, 6.07) is 0.244. The first-order chi connectivity index (χ1) is 9.49. The van der Waals surface area contributed by atoms with Crippen molar-refractivity contribution >= 4 is 10.2 Å². The lowest BCUT2D eigenvalue weighted by atomic mass is 9.99. The molecule has 118 valence electrons. The molecule has 0 radical (unpaired) electrons. The Hall–Kier alpha value is -0.210. The molecule has 2 saturated heterocycles. The number of rotatable bonds is 5. The monoisotopic (exact) mass is 305 g/mol. The third kappa shape index (κ3) is 4.39. The summed E-state index contributed by atoms with van der Waals surface area (Å²) in [4.78, 5) is 2.38. The molecule has 2 fully saturated rings. The number of morpholine rings is 1. The molecule has 0 saturated carbocycles. The van der Waals surface area contributed by atoms with Crippen molar-refractivity contribution in [1.82, 2.24) is 13.9 Å². The number of ether oxygens (including phenoxy) is 1. The minimum absolute atomic E-state index is 0.244. The van der Waals surface area contributed by atoms with Crippen molar-refractivity contribution in [2.75, 3.05) is 45.9 Å². The Morgan fingerprint density at radius 2 is 2.00 bits per heavy atom. The molecule has 0 aromatic rings. The van der Waals surface area contributed by atoms with E-state index in [4.69, 9.17) is 4.74 Å². The Kier molecular flexibility index (Phi) is 5.80. The van der Waals surface area contributed by atoms with E-state index >= 15 is 0 Å². The molecular formula is C13H27N3O3S. The second-order valence-electron chi connectivity index (χ2n) is 5.96. The van der Waals surface area contributed by atoms with Crippen LogP contribution in [0.5, 0.6) is 0 Å². The van der Waals surface area contributed by atoms with Crippen molar-refractivity contribution < 1.29 is 13.2 Å². The SMILES string of the molecule is C[C@@H]1CCCN([C@@H](C)CNS(=O)(=O)N2CCOCC2)C1. The molecule has 6 nitrogen and oxygen atoms in total. The highest BCUT2D eigenvalue weighted by Gasteiger charge is 2.26. The van der Waals surface area contributed by atoms with Gasteiger partial charge in [-0.1, -0.05) is 6.92 Å². The van der Waals surface area contributed by atoms with Gasteiger partial charge >= 0.3 is 0 Å². The average Bonchev–Trinajstić information content (AvgIpc) is 2.46. The number of likely N-dealkylation sites (tertiary alicyclic amines) is 1. The van der Waals surface area contributed by atoms with Gasteiger partial charge in [0, 0.05) is 32.2 Å². The second kappa shape index (κ2) is 7.17. The van der Waals surface area contributed by atoms with E-state index in [9.17, 15) is 8.42 Å². The van der Waals surface area contributed by atoms with Crippen molar-refractivity contribution in [3.8, 4) is 0 Å². The quantitative estimate of drug-likeness (QED) is 0.792. The molecule has 0 amide bonds. The standard InChI is InChI=1S/C13H27N3O3S/c1-12-4-3-5-15(11-12)13(2)10-14-20(17,18)16-6-8-19-9-7-16/h12-14H,3-11H2,1-2H3/t12-,13+/m1/s1. The summed E-state index contributed by atoms with van der Waals surface area (Å²) < 4.78 is 33.8. The Morgan fingerprint density at radius 3 is 2.65 bits per heavy atom. The van der Waals surface area contributed by atoms with E-state index in [1.165, 1.54) is 17.1 Å². The van der Waals surface area contributed by atoms with Crippen LogP contribution in [0.1, 0.15) is 26.7 Å². The zero-order chi connectivity index (χ0) is 14.6. The fourth-order valence-electron chi connectivity index (χ4n) is 2.86. The predicted molar refractivity (Wildman–Crippen MR) is 78.7 cm³/mol. The average molecular weight is 305 g/mol. The fourth-order valence-corrected chi connectivity index (χ4v) is 4.12. The number of hydrogen-bond donors (Lipinski definition) is 1. The van der Waals surface area contributed by atoms with Gasteiger partial charge in [0.2, 0.25) is 0 Å². The first-order valence-electron chi connectivity index (χ1n) is 7.55. The minimum Gasteiger partial charge on any atom is -0.379 e. The summed E-state index contributed by atoms with van der Waals surface area (Å²) in [5, 5.41) is 0. The normalized spacial score (nSPS) is 28.4. The van der Waals surface area contributed by atoms with Crippen LogP contribution in [0.25, 0.3) is 0 Å². The Morgan fingerprint density at radius 1 is 1.30 bits per heavy atom. The Bertz CT molecular complexity index is 396. The van der Waals surface area contributed by atoms with Crippen molar-refractivity contribution in [1.29, 1.82) is 0 Å². The van der Waals surface area contributed by atoms with E-state index in [1.54, 1.807) is 0 Å². The third-order valence-electron chi connectivity index (χ3n) is 4.18. The molecular weight excluding hydrogens is 278 g/mol. The van der Waals surface area contributed by atoms with Crippen LogP contribution in [0.3, 0.4) is 0 Å². The predicted octanol–water partition coefficient (Wildman–Crippen LogP) is 0.273. The van der Waals surface area contributed by atoms with E-state index in [0.717, 1.165) is 13.1 Å². The van der Waals surface area contributed by atoms with Crippen molar-refractivity contribution in [3.05, 3.63) is 0 Å². The Labute approximate surface area is 122 Å². The maximum Gasteiger partial charge on any atom is 0.279 e. The van der Waals surface area contributed by atoms with Gasteiger partial charge in [-0.25, -0.2) is 4.72 Å².